The van der Waals surface area contributed by atoms with E-state index in [1.165, 1.54) is 66.4 Å². The van der Waals surface area contributed by atoms with Crippen LogP contribution < -0.4 is 21.2 Å². The Kier molecular flexibility index (Phi) is 12.5. The second-order valence-electron chi connectivity index (χ2n) is 17.0. The van der Waals surface area contributed by atoms with E-state index in [1.807, 2.05) is 6.21 Å². The highest BCUT2D eigenvalue weighted by Gasteiger charge is 2.22. The molecule has 1 aromatic heterocycles. The molecule has 1 aliphatic heterocycles. The number of allylic oxidation sites excluding steroid dienone is 15. The van der Waals surface area contributed by atoms with Gasteiger partial charge in [-0.05, 0) is 135 Å². The van der Waals surface area contributed by atoms with Crippen molar-refractivity contribution in [2.45, 2.75) is 77.6 Å². The lowest BCUT2D eigenvalue weighted by Crippen LogP contribution is -2.32. The molecule has 62 heavy (non-hydrogen) atoms. The summed E-state index contributed by atoms with van der Waals surface area (Å²) in [7, 11) is 0. The van der Waals surface area contributed by atoms with E-state index >= 15 is 0 Å². The molecule has 0 amide bonds. The van der Waals surface area contributed by atoms with Crippen LogP contribution >= 0.6 is 0 Å². The van der Waals surface area contributed by atoms with Gasteiger partial charge in [0, 0.05) is 68.8 Å². The summed E-state index contributed by atoms with van der Waals surface area (Å²) in [6, 6.07) is 31.1. The normalized spacial score (nSPS) is 21.5. The second-order valence-corrected chi connectivity index (χ2v) is 17.0. The van der Waals surface area contributed by atoms with Gasteiger partial charge in [0.1, 0.15) is 0 Å². The molecule has 4 aliphatic carbocycles. The summed E-state index contributed by atoms with van der Waals surface area (Å²) in [5.41, 5.74) is 14.1. The molecule has 3 aromatic carbocycles. The lowest BCUT2D eigenvalue weighted by Gasteiger charge is -2.24. The van der Waals surface area contributed by atoms with Gasteiger partial charge in [-0.15, -0.1) is 0 Å². The van der Waals surface area contributed by atoms with Crippen LogP contribution in [0, 0.1) is 23.2 Å². The van der Waals surface area contributed by atoms with Crippen LogP contribution in [-0.4, -0.2) is 17.3 Å². The molecule has 0 spiro atoms. The Morgan fingerprint density at radius 3 is 2.69 bits per heavy atom. The van der Waals surface area contributed by atoms with E-state index in [4.69, 9.17) is 4.99 Å². The first-order valence-electron chi connectivity index (χ1n) is 22.8. The first kappa shape index (κ1) is 40.7. The molecule has 2 unspecified atom stereocenters. The highest BCUT2D eigenvalue weighted by Crippen LogP contribution is 2.36. The van der Waals surface area contributed by atoms with Crippen molar-refractivity contribution < 1.29 is 0 Å². The Hall–Kier alpha value is -6.64. The number of rotatable bonds is 12. The van der Waals surface area contributed by atoms with Gasteiger partial charge < -0.3 is 15.2 Å². The van der Waals surface area contributed by atoms with Crippen LogP contribution in [0.25, 0.3) is 34.3 Å². The first-order chi connectivity index (χ1) is 30.6. The average Bonchev–Trinajstić information content (AvgIpc) is 3.67. The van der Waals surface area contributed by atoms with E-state index in [2.05, 4.69) is 187 Å². The van der Waals surface area contributed by atoms with Crippen molar-refractivity contribution in [3.05, 3.63) is 201 Å². The third kappa shape index (κ3) is 8.74. The van der Waals surface area contributed by atoms with Crippen molar-refractivity contribution in [3.8, 4) is 11.8 Å². The number of nitrogens with zero attached hydrogens (tertiary/aromatic N) is 3. The van der Waals surface area contributed by atoms with Gasteiger partial charge in [-0.1, -0.05) is 122 Å². The fourth-order valence-corrected chi connectivity index (χ4v) is 9.79. The van der Waals surface area contributed by atoms with Crippen LogP contribution in [-0.2, 0) is 0 Å². The fourth-order valence-electron chi connectivity index (χ4n) is 9.79. The number of aromatic nitrogens is 1. The predicted octanol–water partition coefficient (Wildman–Crippen LogP) is 11.9. The third-order valence-electron chi connectivity index (χ3n) is 13.2. The number of fused-ring (bicyclic) bond motifs is 3. The molecule has 0 saturated carbocycles. The zero-order valence-electron chi connectivity index (χ0n) is 36.2. The maximum atomic E-state index is 10.4. The summed E-state index contributed by atoms with van der Waals surface area (Å²) >= 11 is 0. The highest BCUT2D eigenvalue weighted by molar-refractivity contribution is 5.87. The van der Waals surface area contributed by atoms with E-state index in [-0.39, 0.29) is 5.92 Å². The summed E-state index contributed by atoms with van der Waals surface area (Å²) in [5, 5.41) is 21.5. The number of hydrogen-bond donors (Lipinski definition) is 2. The zero-order chi connectivity index (χ0) is 42.3. The number of nitrogens with one attached hydrogen (secondary N) is 2. The minimum Gasteiger partial charge on any atom is -0.391 e. The van der Waals surface area contributed by atoms with Crippen molar-refractivity contribution in [1.82, 2.24) is 15.2 Å². The monoisotopic (exact) mass is 811 g/mol. The lowest BCUT2D eigenvalue weighted by molar-refractivity contribution is 0.552. The van der Waals surface area contributed by atoms with Gasteiger partial charge in [0.05, 0.1) is 17.3 Å². The quantitative estimate of drug-likeness (QED) is 0.111. The van der Waals surface area contributed by atoms with Crippen molar-refractivity contribution in [3.63, 3.8) is 0 Å². The number of benzene rings is 3. The molecule has 5 aliphatic rings. The smallest absolute Gasteiger partial charge is 0.0954 e. The largest absolute Gasteiger partial charge is 0.391 e. The van der Waals surface area contributed by atoms with Crippen LogP contribution in [0.1, 0.15) is 88.7 Å². The van der Waals surface area contributed by atoms with Crippen LogP contribution in [0.3, 0.4) is 0 Å². The molecule has 5 nitrogen and oxygen atoms in total. The van der Waals surface area contributed by atoms with Crippen molar-refractivity contribution >= 4 is 34.8 Å². The summed E-state index contributed by atoms with van der Waals surface area (Å²) in [6.45, 7) is 5.28. The second kappa shape index (κ2) is 19.0. The summed E-state index contributed by atoms with van der Waals surface area (Å²) in [4.78, 5) is 5.00. The number of nitriles is 1. The fraction of sp³-hybridized carbons (Fsp3) is 0.263. The molecule has 0 fully saturated rings. The van der Waals surface area contributed by atoms with E-state index in [9.17, 15) is 5.26 Å². The molecule has 310 valence electrons. The van der Waals surface area contributed by atoms with Gasteiger partial charge in [-0.3, -0.25) is 4.99 Å². The molecule has 2 N–H and O–H groups in total. The van der Waals surface area contributed by atoms with E-state index in [1.54, 1.807) is 0 Å². The molecular formula is C57H57N5. The van der Waals surface area contributed by atoms with Gasteiger partial charge >= 0.3 is 0 Å². The molecule has 2 heterocycles. The topological polar surface area (TPSA) is 65.1 Å². The number of para-hydroxylation sites is 2. The van der Waals surface area contributed by atoms with Gasteiger partial charge in [-0.2, -0.15) is 5.26 Å². The Morgan fingerprint density at radius 1 is 0.968 bits per heavy atom. The van der Waals surface area contributed by atoms with E-state index in [0.29, 0.717) is 18.3 Å². The SMILES string of the molecule is C/C=C(CC)/C(=C/C[C@H]1C=CNCC1)/N=C/C1=C(C#N)CC(c2cccc(C3=C(NC4=CC(C5C=c6c(n(-c7ccccc7)c7ccccc67)=CC5)=CCC4)C=CCC3)c2)C=C1. The molecule has 0 bridgehead atoms. The van der Waals surface area contributed by atoms with Gasteiger partial charge in [0.25, 0.3) is 0 Å². The Morgan fingerprint density at radius 2 is 1.85 bits per heavy atom. The molecule has 0 saturated heterocycles. The van der Waals surface area contributed by atoms with Crippen LogP contribution in [0.15, 0.2) is 184 Å². The molecule has 3 atom stereocenters. The predicted molar refractivity (Wildman–Crippen MR) is 259 cm³/mol. The first-order valence-corrected chi connectivity index (χ1v) is 22.8. The minimum absolute atomic E-state index is 0.126. The van der Waals surface area contributed by atoms with Crippen LogP contribution in [0.4, 0.5) is 0 Å². The highest BCUT2D eigenvalue weighted by atomic mass is 15.0. The standard InChI is InChI=1S/C57H57N5/c1-3-41(4-2)54(28-24-40-30-32-59-33-31-40)60-39-47-26-25-44(35-48(47)38-58)42-14-12-16-46(34-42)51-20-8-10-22-55(51)61-49-17-13-15-43(36-49)45-27-29-57-53(37-45)52-21-9-11-23-56(52)62(57)50-18-6-5-7-19-50/h3,5-7,9-12,14-16,18-19,21-23,25-26,28-30,32,34,36-37,39-40,44-45,59,61H,4,8,13,17,20,24,27,31,33,35H2,1-2H3/b41-3+,54-28-,60-39+/t40-,44?,45?/m0/s1. The van der Waals surface area contributed by atoms with E-state index < -0.39 is 0 Å². The Labute approximate surface area is 367 Å². The number of aliphatic imine (C=N–C) groups is 1. The summed E-state index contributed by atoms with van der Waals surface area (Å²) in [6.07, 6.45) is 38.1. The number of hydrogen-bond acceptors (Lipinski definition) is 4. The Bertz CT molecular complexity index is 2840. The Balaban J connectivity index is 0.931. The average molecular weight is 812 g/mol. The molecule has 9 rings (SSSR count). The molecular weight excluding hydrogens is 755 g/mol. The zero-order valence-corrected chi connectivity index (χ0v) is 36.2. The van der Waals surface area contributed by atoms with Gasteiger partial charge in [-0.25, -0.2) is 0 Å². The molecule has 5 heteroatoms. The van der Waals surface area contributed by atoms with Crippen molar-refractivity contribution in [2.24, 2.45) is 16.8 Å². The minimum atomic E-state index is 0.126. The van der Waals surface area contributed by atoms with Gasteiger partial charge in [0.15, 0.2) is 0 Å². The lowest BCUT2D eigenvalue weighted by atomic mass is 9.84. The van der Waals surface area contributed by atoms with Crippen LogP contribution in [0.5, 0.6) is 0 Å². The molecule has 4 aromatic rings. The van der Waals surface area contributed by atoms with Crippen LogP contribution in [0.2, 0.25) is 0 Å². The van der Waals surface area contributed by atoms with Crippen molar-refractivity contribution in [2.75, 3.05) is 6.54 Å². The molecule has 0 radical (unpaired) electrons. The summed E-state index contributed by atoms with van der Waals surface area (Å²) in [5.74, 6) is 0.973. The van der Waals surface area contributed by atoms with Gasteiger partial charge in [0.2, 0.25) is 0 Å². The van der Waals surface area contributed by atoms with E-state index in [0.717, 1.165) is 74.8 Å². The maximum Gasteiger partial charge on any atom is 0.0954 e. The van der Waals surface area contributed by atoms with Crippen molar-refractivity contribution in [1.29, 1.82) is 5.26 Å². The third-order valence-corrected chi connectivity index (χ3v) is 13.2. The maximum absolute atomic E-state index is 10.4. The summed E-state index contributed by atoms with van der Waals surface area (Å²) < 4.78 is 2.42.